The van der Waals surface area contributed by atoms with Crippen LogP contribution in [0, 0.1) is 0 Å². The van der Waals surface area contributed by atoms with Gasteiger partial charge in [-0.3, -0.25) is 9.59 Å². The zero-order chi connectivity index (χ0) is 13.8. The molecule has 0 aliphatic carbocycles. The summed E-state index contributed by atoms with van der Waals surface area (Å²) in [5.41, 5.74) is 0. The SMILES string of the molecule is COC(=O)c1ccc(C(=O)N[C@@H]2CCC(=O)NC2)s1. The number of rotatable bonds is 3. The van der Waals surface area contributed by atoms with Crippen molar-refractivity contribution in [2.75, 3.05) is 13.7 Å². The van der Waals surface area contributed by atoms with Crippen LogP contribution in [0.4, 0.5) is 0 Å². The highest BCUT2D eigenvalue weighted by Gasteiger charge is 2.21. The molecule has 2 N–H and O–H groups in total. The molecule has 0 saturated carbocycles. The zero-order valence-corrected chi connectivity index (χ0v) is 11.2. The van der Waals surface area contributed by atoms with Gasteiger partial charge in [-0.1, -0.05) is 0 Å². The summed E-state index contributed by atoms with van der Waals surface area (Å²) in [5, 5.41) is 5.53. The highest BCUT2D eigenvalue weighted by molar-refractivity contribution is 7.15. The Morgan fingerprint density at radius 3 is 2.79 bits per heavy atom. The predicted octanol–water partition coefficient (Wildman–Crippen LogP) is 0.543. The second-order valence-corrected chi connectivity index (χ2v) is 5.25. The number of esters is 1. The Bertz CT molecular complexity index is 502. The maximum Gasteiger partial charge on any atom is 0.348 e. The lowest BCUT2D eigenvalue weighted by atomic mass is 10.1. The molecule has 1 aliphatic rings. The van der Waals surface area contributed by atoms with E-state index in [0.29, 0.717) is 29.1 Å². The van der Waals surface area contributed by atoms with Crippen molar-refractivity contribution >= 4 is 29.1 Å². The second kappa shape index (κ2) is 5.83. The molecule has 19 heavy (non-hydrogen) atoms. The molecule has 2 heterocycles. The number of hydrogen-bond acceptors (Lipinski definition) is 5. The highest BCUT2D eigenvalue weighted by atomic mass is 32.1. The molecule has 7 heteroatoms. The van der Waals surface area contributed by atoms with Gasteiger partial charge < -0.3 is 15.4 Å². The van der Waals surface area contributed by atoms with Gasteiger partial charge in [0.25, 0.3) is 5.91 Å². The van der Waals surface area contributed by atoms with Gasteiger partial charge in [0.05, 0.1) is 12.0 Å². The van der Waals surface area contributed by atoms with Crippen molar-refractivity contribution in [3.8, 4) is 0 Å². The lowest BCUT2D eigenvalue weighted by molar-refractivity contribution is -0.122. The third-order valence-electron chi connectivity index (χ3n) is 2.82. The summed E-state index contributed by atoms with van der Waals surface area (Å²) in [5.74, 6) is -0.676. The molecular weight excluding hydrogens is 268 g/mol. The minimum absolute atomic E-state index is 0.00889. The zero-order valence-electron chi connectivity index (χ0n) is 10.4. The first kappa shape index (κ1) is 13.5. The van der Waals surface area contributed by atoms with Gasteiger partial charge in [0, 0.05) is 19.0 Å². The van der Waals surface area contributed by atoms with E-state index < -0.39 is 5.97 Å². The van der Waals surface area contributed by atoms with E-state index in [4.69, 9.17) is 0 Å². The third kappa shape index (κ3) is 3.31. The third-order valence-corrected chi connectivity index (χ3v) is 3.88. The minimum Gasteiger partial charge on any atom is -0.465 e. The number of hydrogen-bond donors (Lipinski definition) is 2. The van der Waals surface area contributed by atoms with Crippen LogP contribution in [0.2, 0.25) is 0 Å². The van der Waals surface area contributed by atoms with Crippen LogP contribution in [0.3, 0.4) is 0 Å². The number of amides is 2. The maximum absolute atomic E-state index is 12.0. The van der Waals surface area contributed by atoms with E-state index in [1.54, 1.807) is 12.1 Å². The van der Waals surface area contributed by atoms with Crippen LogP contribution in [0.15, 0.2) is 12.1 Å². The number of carbonyl (C=O) groups excluding carboxylic acids is 3. The fraction of sp³-hybridized carbons (Fsp3) is 0.417. The minimum atomic E-state index is -0.450. The number of carbonyl (C=O) groups is 3. The lowest BCUT2D eigenvalue weighted by Gasteiger charge is -2.23. The summed E-state index contributed by atoms with van der Waals surface area (Å²) in [6.07, 6.45) is 1.05. The maximum atomic E-state index is 12.0. The van der Waals surface area contributed by atoms with Gasteiger partial charge in [-0.25, -0.2) is 4.79 Å². The topological polar surface area (TPSA) is 84.5 Å². The molecule has 1 atom stereocenters. The summed E-state index contributed by atoms with van der Waals surface area (Å²) in [6, 6.07) is 3.09. The first-order valence-corrected chi connectivity index (χ1v) is 6.67. The molecule has 0 bridgehead atoms. The van der Waals surface area contributed by atoms with Gasteiger partial charge in [0.15, 0.2) is 0 Å². The van der Waals surface area contributed by atoms with E-state index in [0.717, 1.165) is 11.3 Å². The van der Waals surface area contributed by atoms with E-state index in [9.17, 15) is 14.4 Å². The molecule has 0 radical (unpaired) electrons. The van der Waals surface area contributed by atoms with Crippen LogP contribution >= 0.6 is 11.3 Å². The molecule has 1 fully saturated rings. The van der Waals surface area contributed by atoms with Crippen molar-refractivity contribution in [3.05, 3.63) is 21.9 Å². The van der Waals surface area contributed by atoms with Crippen LogP contribution in [0.25, 0.3) is 0 Å². The number of nitrogens with one attached hydrogen (secondary N) is 2. The molecule has 2 rings (SSSR count). The smallest absolute Gasteiger partial charge is 0.348 e. The number of piperidine rings is 1. The van der Waals surface area contributed by atoms with Gasteiger partial charge in [0.2, 0.25) is 5.91 Å². The van der Waals surface area contributed by atoms with Gasteiger partial charge in [-0.15, -0.1) is 11.3 Å². The molecule has 1 aliphatic heterocycles. The van der Waals surface area contributed by atoms with Crippen molar-refractivity contribution in [2.24, 2.45) is 0 Å². The molecule has 2 amide bonds. The van der Waals surface area contributed by atoms with Gasteiger partial charge >= 0.3 is 5.97 Å². The standard InChI is InChI=1S/C12H14N2O4S/c1-18-12(17)9-4-3-8(19-9)11(16)14-7-2-5-10(15)13-6-7/h3-4,7H,2,5-6H2,1H3,(H,13,15)(H,14,16)/t7-/m1/s1. The molecule has 1 saturated heterocycles. The summed E-state index contributed by atoms with van der Waals surface area (Å²) in [6.45, 7) is 0.444. The molecule has 102 valence electrons. The van der Waals surface area contributed by atoms with E-state index in [2.05, 4.69) is 15.4 Å². The van der Waals surface area contributed by atoms with Gasteiger partial charge in [-0.2, -0.15) is 0 Å². The van der Waals surface area contributed by atoms with Crippen molar-refractivity contribution in [1.82, 2.24) is 10.6 Å². The summed E-state index contributed by atoms with van der Waals surface area (Å²) in [7, 11) is 1.30. The Morgan fingerprint density at radius 2 is 2.16 bits per heavy atom. The quantitative estimate of drug-likeness (QED) is 0.793. The molecule has 0 spiro atoms. The Morgan fingerprint density at radius 1 is 1.42 bits per heavy atom. The van der Waals surface area contributed by atoms with Crippen LogP contribution in [-0.2, 0) is 9.53 Å². The van der Waals surface area contributed by atoms with Crippen molar-refractivity contribution in [3.63, 3.8) is 0 Å². The second-order valence-electron chi connectivity index (χ2n) is 4.17. The van der Waals surface area contributed by atoms with Crippen LogP contribution in [-0.4, -0.2) is 37.5 Å². The number of thiophene rings is 1. The normalized spacial score (nSPS) is 18.6. The van der Waals surface area contributed by atoms with Gasteiger partial charge in [-0.05, 0) is 18.6 Å². The monoisotopic (exact) mass is 282 g/mol. The van der Waals surface area contributed by atoms with E-state index in [1.807, 2.05) is 0 Å². The fourth-order valence-corrected chi connectivity index (χ4v) is 2.61. The van der Waals surface area contributed by atoms with E-state index >= 15 is 0 Å². The highest BCUT2D eigenvalue weighted by Crippen LogP contribution is 2.17. The van der Waals surface area contributed by atoms with Crippen LogP contribution < -0.4 is 10.6 Å². The van der Waals surface area contributed by atoms with Crippen molar-refractivity contribution in [1.29, 1.82) is 0 Å². The summed E-state index contributed by atoms with van der Waals surface area (Å²) >= 11 is 1.09. The Hall–Kier alpha value is -1.89. The lowest BCUT2D eigenvalue weighted by Crippen LogP contribution is -2.47. The van der Waals surface area contributed by atoms with Gasteiger partial charge in [0.1, 0.15) is 4.88 Å². The molecular formula is C12H14N2O4S. The Kier molecular flexibility index (Phi) is 4.16. The van der Waals surface area contributed by atoms with Crippen molar-refractivity contribution < 1.29 is 19.1 Å². The molecule has 1 aromatic heterocycles. The van der Waals surface area contributed by atoms with E-state index in [1.165, 1.54) is 7.11 Å². The largest absolute Gasteiger partial charge is 0.465 e. The molecule has 0 unspecified atom stereocenters. The average molecular weight is 282 g/mol. The van der Waals surface area contributed by atoms with Crippen LogP contribution in [0.1, 0.15) is 32.2 Å². The summed E-state index contributed by atoms with van der Waals surface area (Å²) in [4.78, 5) is 35.1. The number of methoxy groups -OCH3 is 1. The first-order chi connectivity index (χ1) is 9.10. The van der Waals surface area contributed by atoms with Crippen LogP contribution in [0.5, 0.6) is 0 Å². The van der Waals surface area contributed by atoms with Crippen molar-refractivity contribution in [2.45, 2.75) is 18.9 Å². The Balaban J connectivity index is 1.94. The Labute approximate surface area is 114 Å². The molecule has 1 aromatic rings. The van der Waals surface area contributed by atoms with E-state index in [-0.39, 0.29) is 17.9 Å². The molecule has 6 nitrogen and oxygen atoms in total. The fourth-order valence-electron chi connectivity index (χ4n) is 1.78. The summed E-state index contributed by atoms with van der Waals surface area (Å²) < 4.78 is 4.58. The predicted molar refractivity (Wildman–Crippen MR) is 69.2 cm³/mol. The average Bonchev–Trinajstić information content (AvgIpc) is 2.90. The first-order valence-electron chi connectivity index (χ1n) is 5.86. The molecule has 0 aromatic carbocycles. The number of ether oxygens (including phenoxy) is 1.